The topological polar surface area (TPSA) is 55.1 Å². The van der Waals surface area contributed by atoms with E-state index in [1.54, 1.807) is 0 Å². The number of anilines is 1. The quantitative estimate of drug-likeness (QED) is 0.807. The van der Waals surface area contributed by atoms with E-state index >= 15 is 0 Å². The summed E-state index contributed by atoms with van der Waals surface area (Å²) in [5.41, 5.74) is 6.59. The van der Waals surface area contributed by atoms with E-state index in [-0.39, 0.29) is 17.9 Å². The van der Waals surface area contributed by atoms with Crippen molar-refractivity contribution in [3.63, 3.8) is 0 Å². The number of carbonyl (C=O) groups is 1. The molecule has 2 unspecified atom stereocenters. The molecule has 0 saturated heterocycles. The zero-order chi connectivity index (χ0) is 13.2. The predicted octanol–water partition coefficient (Wildman–Crippen LogP) is 2.68. The number of amides is 1. The number of hydrogen-bond donors (Lipinski definition) is 2. The van der Waals surface area contributed by atoms with Crippen LogP contribution in [0.3, 0.4) is 0 Å². The van der Waals surface area contributed by atoms with Gasteiger partial charge < -0.3 is 11.1 Å². The number of nitrogens with two attached hydrogens (primary N) is 1. The van der Waals surface area contributed by atoms with Crippen molar-refractivity contribution in [2.24, 2.45) is 11.7 Å². The van der Waals surface area contributed by atoms with Gasteiger partial charge in [-0.2, -0.15) is 0 Å². The summed E-state index contributed by atoms with van der Waals surface area (Å²) in [6.45, 7) is 0. The van der Waals surface area contributed by atoms with Crippen LogP contribution in [0.1, 0.15) is 6.42 Å². The minimum absolute atomic E-state index is 0.00681. The number of hydrogen-bond acceptors (Lipinski definition) is 2. The van der Waals surface area contributed by atoms with Gasteiger partial charge in [-0.1, -0.05) is 42.5 Å². The third kappa shape index (κ3) is 2.51. The van der Waals surface area contributed by atoms with Crippen LogP contribution in [-0.2, 0) is 4.79 Å². The molecule has 1 aliphatic rings. The normalized spacial score (nSPS) is 21.7. The molecule has 0 spiro atoms. The highest BCUT2D eigenvalue weighted by Gasteiger charge is 2.22. The van der Waals surface area contributed by atoms with Crippen LogP contribution in [-0.4, -0.2) is 11.9 Å². The van der Waals surface area contributed by atoms with E-state index in [9.17, 15) is 4.79 Å². The molecule has 1 amide bonds. The van der Waals surface area contributed by atoms with Crippen molar-refractivity contribution in [3.05, 3.63) is 54.6 Å². The smallest absolute Gasteiger partial charge is 0.231 e. The van der Waals surface area contributed by atoms with Crippen molar-refractivity contribution < 1.29 is 4.79 Å². The Balaban J connectivity index is 1.78. The number of carbonyl (C=O) groups excluding carboxylic acids is 1. The molecule has 2 atom stereocenters. The Labute approximate surface area is 112 Å². The summed E-state index contributed by atoms with van der Waals surface area (Å²) in [7, 11) is 0. The third-order valence-corrected chi connectivity index (χ3v) is 3.47. The zero-order valence-corrected chi connectivity index (χ0v) is 10.5. The summed E-state index contributed by atoms with van der Waals surface area (Å²) in [5, 5.41) is 5.24. The summed E-state index contributed by atoms with van der Waals surface area (Å²) in [6.07, 6.45) is 4.48. The maximum atomic E-state index is 12.1. The molecule has 2 aromatic rings. The Bertz CT molecular complexity index is 648. The van der Waals surface area contributed by atoms with E-state index in [1.165, 1.54) is 5.39 Å². The molecule has 0 radical (unpaired) electrons. The Morgan fingerprint density at radius 1 is 1.11 bits per heavy atom. The second-order valence-electron chi connectivity index (χ2n) is 4.94. The summed E-state index contributed by atoms with van der Waals surface area (Å²) in [6, 6.07) is 14.0. The van der Waals surface area contributed by atoms with Crippen molar-refractivity contribution in [2.75, 3.05) is 5.32 Å². The Kier molecular flexibility index (Phi) is 3.05. The van der Waals surface area contributed by atoms with Crippen molar-refractivity contribution in [2.45, 2.75) is 12.5 Å². The molecule has 0 heterocycles. The standard InChI is InChI=1S/C16H16N2O/c17-14-7-5-13(9-14)16(19)18-15-8-6-11-3-1-2-4-12(11)10-15/h1-8,10,13-14H,9,17H2,(H,18,19). The van der Waals surface area contributed by atoms with Crippen LogP contribution in [0.25, 0.3) is 10.8 Å². The molecular formula is C16H16N2O. The third-order valence-electron chi connectivity index (χ3n) is 3.47. The number of fused-ring (bicyclic) bond motifs is 1. The monoisotopic (exact) mass is 252 g/mol. The first-order valence-corrected chi connectivity index (χ1v) is 6.46. The lowest BCUT2D eigenvalue weighted by molar-refractivity contribution is -0.118. The molecule has 3 N–H and O–H groups in total. The number of nitrogens with one attached hydrogen (secondary N) is 1. The SMILES string of the molecule is NC1C=CC(C(=O)Nc2ccc3ccccc3c2)C1. The van der Waals surface area contributed by atoms with Gasteiger partial charge in [0.1, 0.15) is 0 Å². The van der Waals surface area contributed by atoms with E-state index in [0.29, 0.717) is 6.42 Å². The fourth-order valence-electron chi connectivity index (χ4n) is 2.42. The van der Waals surface area contributed by atoms with Gasteiger partial charge in [-0.3, -0.25) is 4.79 Å². The highest BCUT2D eigenvalue weighted by molar-refractivity contribution is 5.96. The summed E-state index contributed by atoms with van der Waals surface area (Å²) in [5.74, 6) is -0.0963. The van der Waals surface area contributed by atoms with Gasteiger partial charge in [0, 0.05) is 11.7 Å². The van der Waals surface area contributed by atoms with E-state index in [2.05, 4.69) is 11.4 Å². The van der Waals surface area contributed by atoms with Crippen LogP contribution in [0, 0.1) is 5.92 Å². The van der Waals surface area contributed by atoms with Crippen LogP contribution < -0.4 is 11.1 Å². The lowest BCUT2D eigenvalue weighted by atomic mass is 10.1. The molecule has 19 heavy (non-hydrogen) atoms. The van der Waals surface area contributed by atoms with Crippen molar-refractivity contribution in [1.29, 1.82) is 0 Å². The predicted molar refractivity (Wildman–Crippen MR) is 77.8 cm³/mol. The lowest BCUT2D eigenvalue weighted by Gasteiger charge is -2.11. The van der Waals surface area contributed by atoms with Gasteiger partial charge in [0.2, 0.25) is 5.91 Å². The summed E-state index contributed by atoms with van der Waals surface area (Å²) in [4.78, 5) is 12.1. The molecule has 3 nitrogen and oxygen atoms in total. The average Bonchev–Trinajstić information content (AvgIpc) is 2.85. The average molecular weight is 252 g/mol. The first-order chi connectivity index (χ1) is 9.22. The van der Waals surface area contributed by atoms with E-state index in [4.69, 9.17) is 5.73 Å². The van der Waals surface area contributed by atoms with Crippen molar-refractivity contribution in [3.8, 4) is 0 Å². The maximum absolute atomic E-state index is 12.1. The van der Waals surface area contributed by atoms with Crippen LogP contribution in [0.15, 0.2) is 54.6 Å². The highest BCUT2D eigenvalue weighted by atomic mass is 16.1. The van der Waals surface area contributed by atoms with E-state index < -0.39 is 0 Å². The van der Waals surface area contributed by atoms with Crippen LogP contribution in [0.5, 0.6) is 0 Å². The maximum Gasteiger partial charge on any atom is 0.231 e. The first kappa shape index (κ1) is 11.9. The highest BCUT2D eigenvalue weighted by Crippen LogP contribution is 2.22. The molecular weight excluding hydrogens is 236 g/mol. The molecule has 3 heteroatoms. The minimum Gasteiger partial charge on any atom is -0.326 e. The molecule has 0 bridgehead atoms. The molecule has 1 aliphatic carbocycles. The second kappa shape index (κ2) is 4.86. The van der Waals surface area contributed by atoms with Crippen molar-refractivity contribution in [1.82, 2.24) is 0 Å². The van der Waals surface area contributed by atoms with Gasteiger partial charge >= 0.3 is 0 Å². The summed E-state index contributed by atoms with van der Waals surface area (Å²) >= 11 is 0. The van der Waals surface area contributed by atoms with Gasteiger partial charge in [-0.25, -0.2) is 0 Å². The number of benzene rings is 2. The van der Waals surface area contributed by atoms with E-state index in [0.717, 1.165) is 11.1 Å². The molecule has 3 rings (SSSR count). The first-order valence-electron chi connectivity index (χ1n) is 6.46. The minimum atomic E-state index is -0.110. The molecule has 96 valence electrons. The van der Waals surface area contributed by atoms with E-state index in [1.807, 2.05) is 48.6 Å². The van der Waals surface area contributed by atoms with Crippen LogP contribution >= 0.6 is 0 Å². The molecule has 2 aromatic carbocycles. The Hall–Kier alpha value is -2.13. The number of rotatable bonds is 2. The molecule has 0 aliphatic heterocycles. The van der Waals surface area contributed by atoms with Gasteiger partial charge in [-0.15, -0.1) is 0 Å². The Morgan fingerprint density at radius 2 is 1.89 bits per heavy atom. The second-order valence-corrected chi connectivity index (χ2v) is 4.94. The fraction of sp³-hybridized carbons (Fsp3) is 0.188. The fourth-order valence-corrected chi connectivity index (χ4v) is 2.42. The van der Waals surface area contributed by atoms with Gasteiger partial charge in [0.05, 0.1) is 5.92 Å². The van der Waals surface area contributed by atoms with Gasteiger partial charge in [0.25, 0.3) is 0 Å². The Morgan fingerprint density at radius 3 is 2.63 bits per heavy atom. The van der Waals surface area contributed by atoms with Crippen LogP contribution in [0.4, 0.5) is 5.69 Å². The molecule has 0 saturated carbocycles. The van der Waals surface area contributed by atoms with Crippen LogP contribution in [0.2, 0.25) is 0 Å². The summed E-state index contributed by atoms with van der Waals surface area (Å²) < 4.78 is 0. The largest absolute Gasteiger partial charge is 0.326 e. The molecule has 0 aromatic heterocycles. The van der Waals surface area contributed by atoms with Gasteiger partial charge in [0.15, 0.2) is 0 Å². The molecule has 0 fully saturated rings. The van der Waals surface area contributed by atoms with Crippen molar-refractivity contribution >= 4 is 22.4 Å². The lowest BCUT2D eigenvalue weighted by Crippen LogP contribution is -2.23. The zero-order valence-electron chi connectivity index (χ0n) is 10.5. The van der Waals surface area contributed by atoms with Gasteiger partial charge in [-0.05, 0) is 29.3 Å².